The van der Waals surface area contributed by atoms with E-state index in [4.69, 9.17) is 0 Å². The molecule has 20 heavy (non-hydrogen) atoms. The van der Waals surface area contributed by atoms with Gasteiger partial charge in [0.25, 0.3) is 0 Å². The Bertz CT molecular complexity index is 480. The van der Waals surface area contributed by atoms with Crippen molar-refractivity contribution in [3.05, 3.63) is 15.9 Å². The predicted octanol–water partition coefficient (Wildman–Crippen LogP) is 2.32. The summed E-state index contributed by atoms with van der Waals surface area (Å²) in [7, 11) is 2.06. The van der Waals surface area contributed by atoms with Crippen molar-refractivity contribution < 1.29 is 0 Å². The number of rotatable bonds is 4. The van der Waals surface area contributed by atoms with Crippen molar-refractivity contribution in [1.29, 1.82) is 0 Å². The zero-order valence-corrected chi connectivity index (χ0v) is 14.3. The number of hydrogen-bond donors (Lipinski definition) is 1. The molecule has 2 heterocycles. The van der Waals surface area contributed by atoms with Crippen LogP contribution in [0.1, 0.15) is 38.1 Å². The van der Waals surface area contributed by atoms with E-state index in [1.807, 2.05) is 4.68 Å². The van der Waals surface area contributed by atoms with Crippen molar-refractivity contribution in [2.45, 2.75) is 51.7 Å². The molecule has 2 aliphatic rings. The molecule has 1 saturated carbocycles. The van der Waals surface area contributed by atoms with E-state index in [-0.39, 0.29) is 0 Å². The number of halogens is 1. The highest BCUT2D eigenvalue weighted by Gasteiger charge is 2.36. The standard InChI is InChI=1S/C15H25BrN4/c1-4-12-15(16)14(19(3)18-12)9-20-8-13(11-5-6-11)17-7-10(20)2/h10-11,13,17H,4-9H2,1-3H3. The van der Waals surface area contributed by atoms with Gasteiger partial charge in [-0.2, -0.15) is 5.10 Å². The largest absolute Gasteiger partial charge is 0.311 e. The number of hydrogen-bond acceptors (Lipinski definition) is 3. The van der Waals surface area contributed by atoms with Crippen LogP contribution in [0.4, 0.5) is 0 Å². The van der Waals surface area contributed by atoms with Crippen LogP contribution in [0.15, 0.2) is 4.47 Å². The maximum atomic E-state index is 4.61. The molecule has 1 aromatic heterocycles. The summed E-state index contributed by atoms with van der Waals surface area (Å²) < 4.78 is 3.25. The molecule has 112 valence electrons. The molecule has 2 atom stereocenters. The van der Waals surface area contributed by atoms with Crippen LogP contribution in [0.2, 0.25) is 0 Å². The first-order valence-electron chi connectivity index (χ1n) is 7.77. The van der Waals surface area contributed by atoms with Crippen LogP contribution in [0.25, 0.3) is 0 Å². The Kier molecular flexibility index (Phi) is 4.20. The molecule has 3 rings (SSSR count). The molecule has 0 spiro atoms. The minimum Gasteiger partial charge on any atom is -0.311 e. The normalized spacial score (nSPS) is 28.0. The molecular weight excluding hydrogens is 316 g/mol. The molecule has 0 amide bonds. The highest BCUT2D eigenvalue weighted by Crippen LogP contribution is 2.34. The molecule has 1 aliphatic heterocycles. The van der Waals surface area contributed by atoms with Gasteiger partial charge >= 0.3 is 0 Å². The lowest BCUT2D eigenvalue weighted by molar-refractivity contribution is 0.122. The van der Waals surface area contributed by atoms with Gasteiger partial charge in [0, 0.05) is 38.8 Å². The van der Waals surface area contributed by atoms with Gasteiger partial charge in [0.05, 0.1) is 15.9 Å². The third-order valence-corrected chi connectivity index (χ3v) is 5.69. The quantitative estimate of drug-likeness (QED) is 0.912. The molecule has 0 radical (unpaired) electrons. The second-order valence-corrected chi connectivity index (χ2v) is 7.11. The van der Waals surface area contributed by atoms with Crippen molar-refractivity contribution in [3.63, 3.8) is 0 Å². The number of aromatic nitrogens is 2. The lowest BCUT2D eigenvalue weighted by Crippen LogP contribution is -2.55. The molecule has 0 aromatic carbocycles. The minimum absolute atomic E-state index is 0.594. The monoisotopic (exact) mass is 340 g/mol. The van der Waals surface area contributed by atoms with Crippen LogP contribution < -0.4 is 5.32 Å². The Morgan fingerprint density at radius 3 is 2.75 bits per heavy atom. The third kappa shape index (κ3) is 2.81. The third-order valence-electron chi connectivity index (χ3n) is 4.78. The maximum Gasteiger partial charge on any atom is 0.0767 e. The van der Waals surface area contributed by atoms with E-state index in [2.05, 4.69) is 52.1 Å². The molecule has 0 bridgehead atoms. The summed E-state index contributed by atoms with van der Waals surface area (Å²) in [6, 6.07) is 1.29. The Morgan fingerprint density at radius 2 is 2.15 bits per heavy atom. The second-order valence-electron chi connectivity index (χ2n) is 6.32. The molecule has 5 heteroatoms. The molecule has 2 fully saturated rings. The van der Waals surface area contributed by atoms with Crippen molar-refractivity contribution in [2.75, 3.05) is 13.1 Å². The van der Waals surface area contributed by atoms with Gasteiger partial charge in [0.15, 0.2) is 0 Å². The van der Waals surface area contributed by atoms with Crippen molar-refractivity contribution >= 4 is 15.9 Å². The first kappa shape index (κ1) is 14.5. The minimum atomic E-state index is 0.594. The van der Waals surface area contributed by atoms with Gasteiger partial charge in [-0.15, -0.1) is 0 Å². The first-order chi connectivity index (χ1) is 9.60. The summed E-state index contributed by atoms with van der Waals surface area (Å²) in [6.45, 7) is 7.76. The van der Waals surface area contributed by atoms with Crippen LogP contribution in [-0.2, 0) is 20.0 Å². The highest BCUT2D eigenvalue weighted by atomic mass is 79.9. The van der Waals surface area contributed by atoms with Crippen molar-refractivity contribution in [2.24, 2.45) is 13.0 Å². The van der Waals surface area contributed by atoms with Gasteiger partial charge in [-0.05, 0) is 48.0 Å². The lowest BCUT2D eigenvalue weighted by Gasteiger charge is -2.39. The van der Waals surface area contributed by atoms with Crippen LogP contribution in [-0.4, -0.2) is 39.9 Å². The average molecular weight is 341 g/mol. The SMILES string of the molecule is CCc1nn(C)c(CN2CC(C3CC3)NCC2C)c1Br. The van der Waals surface area contributed by atoms with Crippen LogP contribution in [0.5, 0.6) is 0 Å². The van der Waals surface area contributed by atoms with Crippen LogP contribution in [0, 0.1) is 5.92 Å². The van der Waals surface area contributed by atoms with Crippen molar-refractivity contribution in [1.82, 2.24) is 20.0 Å². The molecule has 1 aliphatic carbocycles. The topological polar surface area (TPSA) is 33.1 Å². The second kappa shape index (κ2) is 5.78. The predicted molar refractivity (Wildman–Crippen MR) is 84.7 cm³/mol. The highest BCUT2D eigenvalue weighted by molar-refractivity contribution is 9.10. The number of nitrogens with zero attached hydrogens (tertiary/aromatic N) is 3. The van der Waals surface area contributed by atoms with Crippen molar-refractivity contribution in [3.8, 4) is 0 Å². The zero-order valence-electron chi connectivity index (χ0n) is 12.7. The van der Waals surface area contributed by atoms with E-state index >= 15 is 0 Å². The summed E-state index contributed by atoms with van der Waals surface area (Å²) >= 11 is 3.74. The number of nitrogens with one attached hydrogen (secondary N) is 1. The fourth-order valence-corrected chi connectivity index (χ4v) is 3.91. The van der Waals surface area contributed by atoms with E-state index in [0.29, 0.717) is 12.1 Å². The Hall–Kier alpha value is -0.390. The molecular formula is C15H25BrN4. The maximum absolute atomic E-state index is 4.61. The van der Waals surface area contributed by atoms with Gasteiger partial charge < -0.3 is 5.32 Å². The smallest absolute Gasteiger partial charge is 0.0767 e. The summed E-state index contributed by atoms with van der Waals surface area (Å²) in [6.07, 6.45) is 3.81. The summed E-state index contributed by atoms with van der Waals surface area (Å²) in [5, 5.41) is 8.33. The Balaban J connectivity index is 1.73. The summed E-state index contributed by atoms with van der Waals surface area (Å²) in [5.74, 6) is 0.922. The van der Waals surface area contributed by atoms with Crippen LogP contribution in [0.3, 0.4) is 0 Å². The Labute approximate surface area is 130 Å². The molecule has 4 nitrogen and oxygen atoms in total. The number of aryl methyl sites for hydroxylation is 2. The lowest BCUT2D eigenvalue weighted by atomic mass is 10.1. The fourth-order valence-electron chi connectivity index (χ4n) is 3.17. The molecule has 2 unspecified atom stereocenters. The van der Waals surface area contributed by atoms with Gasteiger partial charge in [-0.25, -0.2) is 0 Å². The van der Waals surface area contributed by atoms with Gasteiger partial charge in [-0.3, -0.25) is 9.58 Å². The average Bonchev–Trinajstić information content (AvgIpc) is 3.23. The molecule has 1 saturated heterocycles. The molecule has 1 aromatic rings. The number of piperazine rings is 1. The first-order valence-corrected chi connectivity index (χ1v) is 8.57. The van der Waals surface area contributed by atoms with E-state index in [9.17, 15) is 0 Å². The van der Waals surface area contributed by atoms with Crippen LogP contribution >= 0.6 is 15.9 Å². The van der Waals surface area contributed by atoms with Gasteiger partial charge in [0.1, 0.15) is 0 Å². The summed E-state index contributed by atoms with van der Waals surface area (Å²) in [5.41, 5.74) is 2.48. The van der Waals surface area contributed by atoms with E-state index in [0.717, 1.165) is 25.4 Å². The van der Waals surface area contributed by atoms with Gasteiger partial charge in [-0.1, -0.05) is 6.92 Å². The summed E-state index contributed by atoms with van der Waals surface area (Å²) in [4.78, 5) is 2.61. The Morgan fingerprint density at radius 1 is 1.40 bits per heavy atom. The van der Waals surface area contributed by atoms with E-state index < -0.39 is 0 Å². The van der Waals surface area contributed by atoms with E-state index in [1.54, 1.807) is 0 Å². The van der Waals surface area contributed by atoms with Gasteiger partial charge in [0.2, 0.25) is 0 Å². The fraction of sp³-hybridized carbons (Fsp3) is 0.800. The zero-order chi connectivity index (χ0) is 14.3. The molecule has 1 N–H and O–H groups in total. The van der Waals surface area contributed by atoms with E-state index in [1.165, 1.54) is 35.2 Å².